The Morgan fingerprint density at radius 3 is 2.81 bits per heavy atom. The van der Waals surface area contributed by atoms with Crippen LogP contribution in [0.2, 0.25) is 0 Å². The summed E-state index contributed by atoms with van der Waals surface area (Å²) in [4.78, 5) is 4.28. The second-order valence-corrected chi connectivity index (χ2v) is 3.71. The van der Waals surface area contributed by atoms with E-state index in [1.165, 1.54) is 5.56 Å². The molecule has 2 rings (SSSR count). The van der Waals surface area contributed by atoms with E-state index in [4.69, 9.17) is 4.74 Å². The van der Waals surface area contributed by atoms with Gasteiger partial charge in [0.05, 0.1) is 7.11 Å². The molecular weight excluding hydrogens is 200 g/mol. The van der Waals surface area contributed by atoms with Gasteiger partial charge in [-0.05, 0) is 12.5 Å². The maximum atomic E-state index is 5.04. The fourth-order valence-corrected chi connectivity index (χ4v) is 1.67. The minimum absolute atomic E-state index is 0.0845. The molecule has 0 amide bonds. The van der Waals surface area contributed by atoms with Crippen molar-refractivity contribution in [1.82, 2.24) is 9.55 Å². The van der Waals surface area contributed by atoms with E-state index in [0.717, 1.165) is 12.4 Å². The average molecular weight is 215 g/mol. The van der Waals surface area contributed by atoms with Gasteiger partial charge < -0.3 is 9.30 Å². The lowest BCUT2D eigenvalue weighted by atomic mass is 10.2. The highest BCUT2D eigenvalue weighted by Crippen LogP contribution is 2.15. The molecule has 0 aliphatic carbocycles. The number of aromatic nitrogens is 2. The van der Waals surface area contributed by atoms with E-state index < -0.39 is 0 Å². The van der Waals surface area contributed by atoms with Crippen LogP contribution in [0.5, 0.6) is 0 Å². The van der Waals surface area contributed by atoms with Gasteiger partial charge in [0, 0.05) is 18.9 Å². The lowest BCUT2D eigenvalue weighted by molar-refractivity contribution is 0.145. The van der Waals surface area contributed by atoms with Crippen molar-refractivity contribution in [3.05, 3.63) is 61.2 Å². The molecule has 1 aromatic heterocycles. The molecule has 1 heterocycles. The monoisotopic (exact) mass is 215 g/mol. The van der Waals surface area contributed by atoms with Crippen LogP contribution < -0.4 is 0 Å². The standard InChI is InChI=1S/C13H15N2O/c1-11(16-2)13-14-8-9-15(13)10-12-6-4-3-5-7-12/h3-9,11H,2,10H2,1H3. The Morgan fingerprint density at radius 2 is 2.12 bits per heavy atom. The number of hydrogen-bond acceptors (Lipinski definition) is 2. The zero-order chi connectivity index (χ0) is 11.4. The van der Waals surface area contributed by atoms with E-state index in [0.29, 0.717) is 0 Å². The second kappa shape index (κ2) is 4.94. The van der Waals surface area contributed by atoms with Crippen LogP contribution in [0.4, 0.5) is 0 Å². The van der Waals surface area contributed by atoms with Gasteiger partial charge in [0.25, 0.3) is 0 Å². The topological polar surface area (TPSA) is 27.1 Å². The zero-order valence-corrected chi connectivity index (χ0v) is 9.34. The Bertz CT molecular complexity index is 436. The molecule has 0 fully saturated rings. The van der Waals surface area contributed by atoms with Crippen LogP contribution in [-0.2, 0) is 11.3 Å². The highest BCUT2D eigenvalue weighted by molar-refractivity contribution is 5.16. The van der Waals surface area contributed by atoms with Crippen molar-refractivity contribution < 1.29 is 4.74 Å². The first-order valence-electron chi connectivity index (χ1n) is 5.27. The first-order chi connectivity index (χ1) is 7.81. The first kappa shape index (κ1) is 10.9. The van der Waals surface area contributed by atoms with Gasteiger partial charge in [0.15, 0.2) is 0 Å². The third-order valence-electron chi connectivity index (χ3n) is 2.56. The molecule has 0 saturated heterocycles. The normalized spacial score (nSPS) is 12.6. The van der Waals surface area contributed by atoms with Crippen LogP contribution in [0.3, 0.4) is 0 Å². The Balaban J connectivity index is 2.19. The van der Waals surface area contributed by atoms with E-state index in [9.17, 15) is 0 Å². The van der Waals surface area contributed by atoms with Gasteiger partial charge >= 0.3 is 0 Å². The third-order valence-corrected chi connectivity index (χ3v) is 2.56. The molecule has 0 aliphatic rings. The predicted molar refractivity (Wildman–Crippen MR) is 62.6 cm³/mol. The summed E-state index contributed by atoms with van der Waals surface area (Å²) in [5.74, 6) is 0.902. The molecule has 0 N–H and O–H groups in total. The van der Waals surface area contributed by atoms with E-state index in [2.05, 4.69) is 28.8 Å². The van der Waals surface area contributed by atoms with Gasteiger partial charge in [-0.25, -0.2) is 4.98 Å². The van der Waals surface area contributed by atoms with Gasteiger partial charge in [-0.2, -0.15) is 0 Å². The number of ether oxygens (including phenoxy) is 1. The number of benzene rings is 1. The summed E-state index contributed by atoms with van der Waals surface area (Å²) in [7, 11) is 3.44. The fraction of sp³-hybridized carbons (Fsp3) is 0.231. The first-order valence-corrected chi connectivity index (χ1v) is 5.27. The summed E-state index contributed by atoms with van der Waals surface area (Å²) in [5, 5.41) is 0. The lowest BCUT2D eigenvalue weighted by Crippen LogP contribution is -2.08. The molecule has 0 aliphatic heterocycles. The van der Waals surface area contributed by atoms with Crippen molar-refractivity contribution in [3.8, 4) is 0 Å². The van der Waals surface area contributed by atoms with Crippen molar-refractivity contribution in [2.24, 2.45) is 0 Å². The lowest BCUT2D eigenvalue weighted by Gasteiger charge is -2.12. The van der Waals surface area contributed by atoms with Crippen molar-refractivity contribution >= 4 is 0 Å². The van der Waals surface area contributed by atoms with Crippen LogP contribution in [0.25, 0.3) is 0 Å². The van der Waals surface area contributed by atoms with Crippen LogP contribution in [0.1, 0.15) is 24.4 Å². The summed E-state index contributed by atoms with van der Waals surface area (Å²) < 4.78 is 7.11. The highest BCUT2D eigenvalue weighted by atomic mass is 16.5. The predicted octanol–water partition coefficient (Wildman–Crippen LogP) is 2.80. The smallest absolute Gasteiger partial charge is 0.137 e. The maximum Gasteiger partial charge on any atom is 0.137 e. The highest BCUT2D eigenvalue weighted by Gasteiger charge is 2.10. The second-order valence-electron chi connectivity index (χ2n) is 3.71. The molecule has 3 nitrogen and oxygen atoms in total. The van der Waals surface area contributed by atoms with E-state index in [1.54, 1.807) is 6.20 Å². The number of nitrogens with zero attached hydrogens (tertiary/aromatic N) is 2. The Kier molecular flexibility index (Phi) is 3.37. The molecule has 0 bridgehead atoms. The van der Waals surface area contributed by atoms with Gasteiger partial charge in [0.2, 0.25) is 0 Å². The Labute approximate surface area is 95.7 Å². The van der Waals surface area contributed by atoms with Crippen molar-refractivity contribution in [2.45, 2.75) is 19.6 Å². The molecule has 1 radical (unpaired) electrons. The van der Waals surface area contributed by atoms with Gasteiger partial charge in [0.1, 0.15) is 11.9 Å². The number of rotatable bonds is 4. The van der Waals surface area contributed by atoms with Gasteiger partial charge in [-0.15, -0.1) is 0 Å². The van der Waals surface area contributed by atoms with E-state index in [-0.39, 0.29) is 6.10 Å². The van der Waals surface area contributed by atoms with Crippen LogP contribution >= 0.6 is 0 Å². The Morgan fingerprint density at radius 1 is 1.38 bits per heavy atom. The zero-order valence-electron chi connectivity index (χ0n) is 9.34. The van der Waals surface area contributed by atoms with Crippen molar-refractivity contribution in [2.75, 3.05) is 0 Å². The number of imidazole rings is 1. The summed E-state index contributed by atoms with van der Waals surface area (Å²) in [6, 6.07) is 10.3. The quantitative estimate of drug-likeness (QED) is 0.784. The molecule has 83 valence electrons. The molecule has 0 saturated carbocycles. The van der Waals surface area contributed by atoms with Crippen LogP contribution in [0.15, 0.2) is 42.7 Å². The van der Waals surface area contributed by atoms with Crippen molar-refractivity contribution in [1.29, 1.82) is 0 Å². The molecule has 0 spiro atoms. The molecular formula is C13H15N2O. The summed E-state index contributed by atoms with van der Waals surface area (Å²) in [5.41, 5.74) is 1.25. The van der Waals surface area contributed by atoms with Gasteiger partial charge in [-0.3, -0.25) is 0 Å². The SMILES string of the molecule is [CH2]OC(C)c1nccn1Cc1ccccc1. The molecule has 1 aromatic carbocycles. The van der Waals surface area contributed by atoms with Crippen LogP contribution in [0, 0.1) is 7.11 Å². The molecule has 3 heteroatoms. The fourth-order valence-electron chi connectivity index (χ4n) is 1.67. The van der Waals surface area contributed by atoms with E-state index >= 15 is 0 Å². The van der Waals surface area contributed by atoms with Crippen LogP contribution in [-0.4, -0.2) is 9.55 Å². The largest absolute Gasteiger partial charge is 0.368 e. The third kappa shape index (κ3) is 2.31. The van der Waals surface area contributed by atoms with Gasteiger partial charge in [-0.1, -0.05) is 30.3 Å². The molecule has 1 atom stereocenters. The van der Waals surface area contributed by atoms with Crippen molar-refractivity contribution in [3.63, 3.8) is 0 Å². The average Bonchev–Trinajstić information content (AvgIpc) is 2.77. The number of hydrogen-bond donors (Lipinski definition) is 0. The summed E-state index contributed by atoms with van der Waals surface area (Å²) >= 11 is 0. The van der Waals surface area contributed by atoms with E-state index in [1.807, 2.05) is 31.3 Å². The minimum Gasteiger partial charge on any atom is -0.368 e. The molecule has 1 unspecified atom stereocenters. The molecule has 2 aromatic rings. The Hall–Kier alpha value is -1.61. The minimum atomic E-state index is -0.0845. The summed E-state index contributed by atoms with van der Waals surface area (Å²) in [6.45, 7) is 2.75. The maximum absolute atomic E-state index is 5.04. The molecule has 16 heavy (non-hydrogen) atoms. The summed E-state index contributed by atoms with van der Waals surface area (Å²) in [6.07, 6.45) is 3.66.